The van der Waals surface area contributed by atoms with Crippen LogP contribution in [0.1, 0.15) is 49.9 Å². The molecular weight excluding hydrogens is 395 g/mol. The Morgan fingerprint density at radius 2 is 2.10 bits per heavy atom. The summed E-state index contributed by atoms with van der Waals surface area (Å²) in [7, 11) is 0. The molecule has 4 rings (SSSR count). The van der Waals surface area contributed by atoms with Crippen molar-refractivity contribution in [1.29, 1.82) is 0 Å². The molecule has 0 atom stereocenters. The van der Waals surface area contributed by atoms with E-state index in [4.69, 9.17) is 4.74 Å². The van der Waals surface area contributed by atoms with E-state index in [-0.39, 0.29) is 23.5 Å². The van der Waals surface area contributed by atoms with Crippen molar-refractivity contribution < 1.29 is 13.9 Å². The van der Waals surface area contributed by atoms with E-state index < -0.39 is 0 Å². The zero-order valence-electron chi connectivity index (χ0n) is 18.3. The van der Waals surface area contributed by atoms with Crippen molar-refractivity contribution in [3.63, 3.8) is 0 Å². The van der Waals surface area contributed by atoms with Crippen LogP contribution in [-0.4, -0.2) is 40.6 Å². The van der Waals surface area contributed by atoms with Gasteiger partial charge in [0.1, 0.15) is 17.2 Å². The number of urea groups is 1. The first kappa shape index (κ1) is 21.6. The molecule has 1 aromatic heterocycles. The van der Waals surface area contributed by atoms with Crippen LogP contribution in [0.5, 0.6) is 5.75 Å². The number of nitrogens with zero attached hydrogens (tertiary/aromatic N) is 2. The highest BCUT2D eigenvalue weighted by Crippen LogP contribution is 2.33. The van der Waals surface area contributed by atoms with Crippen LogP contribution >= 0.6 is 0 Å². The van der Waals surface area contributed by atoms with E-state index in [1.807, 2.05) is 17.0 Å². The van der Waals surface area contributed by atoms with E-state index in [9.17, 15) is 9.18 Å². The lowest BCUT2D eigenvalue weighted by Gasteiger charge is -2.34. The third-order valence-electron chi connectivity index (χ3n) is 6.08. The molecule has 166 valence electrons. The number of fused-ring (bicyclic) bond motifs is 1. The van der Waals surface area contributed by atoms with Crippen molar-refractivity contribution in [3.8, 4) is 5.75 Å². The van der Waals surface area contributed by atoms with Gasteiger partial charge in [0, 0.05) is 12.6 Å². The minimum absolute atomic E-state index is 0.117. The number of amides is 2. The van der Waals surface area contributed by atoms with Gasteiger partial charge in [-0.3, -0.25) is 4.98 Å². The Kier molecular flexibility index (Phi) is 6.41. The monoisotopic (exact) mass is 426 g/mol. The van der Waals surface area contributed by atoms with Gasteiger partial charge in [0.05, 0.1) is 18.4 Å². The predicted octanol–water partition coefficient (Wildman–Crippen LogP) is 3.79. The molecule has 6 nitrogen and oxygen atoms in total. The minimum Gasteiger partial charge on any atom is -0.488 e. The van der Waals surface area contributed by atoms with Gasteiger partial charge in [0.25, 0.3) is 0 Å². The van der Waals surface area contributed by atoms with E-state index in [0.717, 1.165) is 50.1 Å². The summed E-state index contributed by atoms with van der Waals surface area (Å²) < 4.78 is 19.3. The minimum atomic E-state index is -0.374. The molecule has 0 saturated carbocycles. The Morgan fingerprint density at radius 1 is 1.29 bits per heavy atom. The summed E-state index contributed by atoms with van der Waals surface area (Å²) in [5, 5.41) is 6.41. The summed E-state index contributed by atoms with van der Waals surface area (Å²) >= 11 is 0. The third kappa shape index (κ3) is 5.53. The molecule has 0 bridgehead atoms. The van der Waals surface area contributed by atoms with Gasteiger partial charge in [-0.2, -0.15) is 0 Å². The molecule has 0 unspecified atom stereocenters. The summed E-state index contributed by atoms with van der Waals surface area (Å²) in [4.78, 5) is 19.1. The Morgan fingerprint density at radius 3 is 2.84 bits per heavy atom. The highest BCUT2D eigenvalue weighted by molar-refractivity contribution is 5.74. The van der Waals surface area contributed by atoms with Crippen LogP contribution in [0.25, 0.3) is 0 Å². The zero-order chi connectivity index (χ0) is 21.8. The average Bonchev–Trinajstić information content (AvgIpc) is 2.77. The van der Waals surface area contributed by atoms with E-state index in [0.29, 0.717) is 18.8 Å². The lowest BCUT2D eigenvalue weighted by Crippen LogP contribution is -2.49. The number of hydrogen-bond donors (Lipinski definition) is 2. The van der Waals surface area contributed by atoms with Crippen molar-refractivity contribution in [1.82, 2.24) is 20.5 Å². The summed E-state index contributed by atoms with van der Waals surface area (Å²) in [5.41, 5.74) is 2.80. The summed E-state index contributed by atoms with van der Waals surface area (Å²) in [6.45, 7) is 6.79. The van der Waals surface area contributed by atoms with Crippen molar-refractivity contribution in [3.05, 3.63) is 59.2 Å². The number of nitrogens with one attached hydrogen (secondary N) is 2. The molecule has 31 heavy (non-hydrogen) atoms. The van der Waals surface area contributed by atoms with Crippen LogP contribution < -0.4 is 15.4 Å². The highest BCUT2D eigenvalue weighted by Gasteiger charge is 2.27. The number of aryl methyl sites for hydroxylation is 1. The molecule has 2 aromatic rings. The van der Waals surface area contributed by atoms with Gasteiger partial charge < -0.3 is 20.3 Å². The van der Waals surface area contributed by atoms with Crippen LogP contribution in [0.2, 0.25) is 0 Å². The first-order valence-electron chi connectivity index (χ1n) is 11.1. The van der Waals surface area contributed by atoms with Gasteiger partial charge in [-0.15, -0.1) is 0 Å². The van der Waals surface area contributed by atoms with Gasteiger partial charge in [-0.05, 0) is 81.9 Å². The maximum atomic E-state index is 13.2. The molecule has 0 spiro atoms. The first-order chi connectivity index (χ1) is 14.9. The van der Waals surface area contributed by atoms with E-state index in [1.165, 1.54) is 17.8 Å². The number of benzene rings is 1. The number of piperidine rings is 1. The number of carbonyl (C=O) groups is 1. The molecule has 2 aliphatic rings. The number of rotatable bonds is 5. The maximum Gasteiger partial charge on any atom is 0.318 e. The lowest BCUT2D eigenvalue weighted by molar-refractivity contribution is 0.0846. The second-order valence-electron chi connectivity index (χ2n) is 9.04. The van der Waals surface area contributed by atoms with Gasteiger partial charge in [0.2, 0.25) is 0 Å². The molecule has 1 aromatic carbocycles. The fraction of sp³-hybridized carbons (Fsp3) is 0.500. The molecule has 0 radical (unpaired) electrons. The quantitative estimate of drug-likeness (QED) is 0.764. The molecule has 2 amide bonds. The Bertz CT molecular complexity index is 910. The van der Waals surface area contributed by atoms with Gasteiger partial charge in [-0.25, -0.2) is 9.18 Å². The van der Waals surface area contributed by atoms with Crippen molar-refractivity contribution >= 4 is 6.03 Å². The summed E-state index contributed by atoms with van der Waals surface area (Å²) in [6.07, 6.45) is 4.93. The smallest absolute Gasteiger partial charge is 0.318 e. The molecular formula is C24H31FN4O2. The number of ether oxygens (including phenoxy) is 1. The fourth-order valence-corrected chi connectivity index (χ4v) is 4.26. The Balaban J connectivity index is 1.43. The topological polar surface area (TPSA) is 66.5 Å². The standard InChI is InChI=1S/C24H31FN4O2/c1-24(2)10-7-18-13-17(3-6-22(18)31-24)14-28-23(30)29(21-8-11-26-12-9-21)16-20-5-4-19(25)15-27-20/h3-6,13,15,21,26H,7-12,14,16H2,1-2H3,(H,28,30). The molecule has 2 aliphatic heterocycles. The third-order valence-corrected chi connectivity index (χ3v) is 6.08. The largest absolute Gasteiger partial charge is 0.488 e. The van der Waals surface area contributed by atoms with Crippen LogP contribution in [0.4, 0.5) is 9.18 Å². The van der Waals surface area contributed by atoms with Crippen LogP contribution in [0.3, 0.4) is 0 Å². The van der Waals surface area contributed by atoms with Gasteiger partial charge >= 0.3 is 6.03 Å². The number of pyridine rings is 1. The lowest BCUT2D eigenvalue weighted by atomic mass is 9.93. The van der Waals surface area contributed by atoms with Crippen molar-refractivity contribution in [2.45, 2.75) is 64.3 Å². The van der Waals surface area contributed by atoms with Crippen LogP contribution in [0, 0.1) is 5.82 Å². The van der Waals surface area contributed by atoms with E-state index in [2.05, 4.69) is 35.5 Å². The zero-order valence-corrected chi connectivity index (χ0v) is 18.3. The predicted molar refractivity (Wildman–Crippen MR) is 117 cm³/mol. The number of aromatic nitrogens is 1. The van der Waals surface area contributed by atoms with Crippen LogP contribution in [-0.2, 0) is 19.5 Å². The molecule has 3 heterocycles. The van der Waals surface area contributed by atoms with E-state index >= 15 is 0 Å². The molecule has 2 N–H and O–H groups in total. The molecule has 7 heteroatoms. The second-order valence-corrected chi connectivity index (χ2v) is 9.04. The second kappa shape index (κ2) is 9.22. The summed E-state index contributed by atoms with van der Waals surface area (Å²) in [5.74, 6) is 0.562. The molecule has 1 saturated heterocycles. The van der Waals surface area contributed by atoms with Crippen LogP contribution in [0.15, 0.2) is 36.5 Å². The normalized spacial score (nSPS) is 18.0. The van der Waals surface area contributed by atoms with Crippen molar-refractivity contribution in [2.75, 3.05) is 13.1 Å². The SMILES string of the molecule is CC1(C)CCc2cc(CNC(=O)N(Cc3ccc(F)cn3)C3CCNCC3)ccc2O1. The number of carbonyl (C=O) groups excluding carboxylic acids is 1. The maximum absolute atomic E-state index is 13.2. The highest BCUT2D eigenvalue weighted by atomic mass is 19.1. The molecule has 0 aliphatic carbocycles. The average molecular weight is 427 g/mol. The van der Waals surface area contributed by atoms with E-state index in [1.54, 1.807) is 6.07 Å². The fourth-order valence-electron chi connectivity index (χ4n) is 4.26. The molecule has 1 fully saturated rings. The van der Waals surface area contributed by atoms with Gasteiger partial charge in [-0.1, -0.05) is 12.1 Å². The Labute approximate surface area is 183 Å². The number of hydrogen-bond acceptors (Lipinski definition) is 4. The first-order valence-corrected chi connectivity index (χ1v) is 11.1. The Hall–Kier alpha value is -2.67. The summed E-state index contributed by atoms with van der Waals surface area (Å²) in [6, 6.07) is 9.18. The van der Waals surface area contributed by atoms with Gasteiger partial charge in [0.15, 0.2) is 0 Å². The number of halogens is 1. The van der Waals surface area contributed by atoms with Crippen molar-refractivity contribution in [2.24, 2.45) is 0 Å².